The Bertz CT molecular complexity index is 1250. The highest BCUT2D eigenvalue weighted by Gasteiger charge is 2.31. The average molecular weight is 586 g/mol. The van der Waals surface area contributed by atoms with Gasteiger partial charge >= 0.3 is 11.9 Å². The van der Waals surface area contributed by atoms with Crippen LogP contribution in [0.25, 0.3) is 0 Å². The number of benzene rings is 2. The van der Waals surface area contributed by atoms with Crippen LogP contribution in [0.5, 0.6) is 5.75 Å². The molecule has 4 atom stereocenters. The third-order valence-electron chi connectivity index (χ3n) is 6.22. The minimum Gasteiger partial charge on any atom is -0.508 e. The van der Waals surface area contributed by atoms with Gasteiger partial charge in [0.15, 0.2) is 0 Å². The van der Waals surface area contributed by atoms with Crippen molar-refractivity contribution in [1.29, 1.82) is 0 Å². The maximum atomic E-state index is 13.3. The van der Waals surface area contributed by atoms with Crippen LogP contribution < -0.4 is 27.4 Å². The predicted octanol–water partition coefficient (Wildman–Crippen LogP) is -0.826. The Hall–Kier alpha value is -4.98. The summed E-state index contributed by atoms with van der Waals surface area (Å²) in [5.74, 6) is -5.83. The van der Waals surface area contributed by atoms with Crippen molar-refractivity contribution in [2.45, 2.75) is 62.7 Å². The normalized spacial score (nSPS) is 13.5. The molecule has 0 fully saturated rings. The molecule has 4 amide bonds. The third kappa shape index (κ3) is 11.6. The van der Waals surface area contributed by atoms with Gasteiger partial charge in [-0.3, -0.25) is 24.0 Å². The van der Waals surface area contributed by atoms with Crippen LogP contribution in [-0.4, -0.2) is 75.1 Å². The summed E-state index contributed by atoms with van der Waals surface area (Å²) in [5, 5.41) is 35.6. The molecule has 0 aromatic heterocycles. The summed E-state index contributed by atoms with van der Waals surface area (Å²) in [6.45, 7) is 0. The number of carbonyl (C=O) groups excluding carboxylic acids is 4. The molecule has 10 N–H and O–H groups in total. The number of aliphatic carboxylic acids is 2. The van der Waals surface area contributed by atoms with Gasteiger partial charge in [0, 0.05) is 25.7 Å². The topological polar surface area (TPSA) is 251 Å². The Balaban J connectivity index is 2.25. The molecule has 0 radical (unpaired) electrons. The van der Waals surface area contributed by atoms with Crippen LogP contribution in [0.2, 0.25) is 0 Å². The van der Waals surface area contributed by atoms with Gasteiger partial charge in [-0.15, -0.1) is 0 Å². The van der Waals surface area contributed by atoms with Crippen molar-refractivity contribution in [2.24, 2.45) is 11.5 Å². The number of amides is 4. The summed E-state index contributed by atoms with van der Waals surface area (Å²) in [6, 6.07) is 8.99. The van der Waals surface area contributed by atoms with Crippen molar-refractivity contribution in [2.75, 3.05) is 0 Å². The van der Waals surface area contributed by atoms with Gasteiger partial charge in [0.05, 0.1) is 6.04 Å². The van der Waals surface area contributed by atoms with E-state index in [9.17, 15) is 39.0 Å². The number of carboxylic acids is 2. The molecule has 0 bridgehead atoms. The van der Waals surface area contributed by atoms with E-state index in [-0.39, 0.29) is 37.9 Å². The number of carboxylic acid groups (broad SMARTS) is 2. The summed E-state index contributed by atoms with van der Waals surface area (Å²) in [5.41, 5.74) is 12.0. The first-order chi connectivity index (χ1) is 19.8. The number of phenols is 1. The fourth-order valence-corrected chi connectivity index (χ4v) is 3.92. The van der Waals surface area contributed by atoms with Crippen LogP contribution in [0.4, 0.5) is 0 Å². The van der Waals surface area contributed by atoms with Crippen molar-refractivity contribution in [1.82, 2.24) is 16.0 Å². The molecule has 42 heavy (non-hydrogen) atoms. The molecule has 14 heteroatoms. The maximum absolute atomic E-state index is 13.3. The number of hydrogen-bond donors (Lipinski definition) is 8. The van der Waals surface area contributed by atoms with Crippen LogP contribution in [0.15, 0.2) is 54.6 Å². The molecule has 226 valence electrons. The third-order valence-corrected chi connectivity index (χ3v) is 6.22. The van der Waals surface area contributed by atoms with Gasteiger partial charge in [-0.2, -0.15) is 0 Å². The summed E-state index contributed by atoms with van der Waals surface area (Å²) in [4.78, 5) is 73.3. The van der Waals surface area contributed by atoms with Crippen LogP contribution in [0.3, 0.4) is 0 Å². The molecule has 2 rings (SSSR count). The fourth-order valence-electron chi connectivity index (χ4n) is 3.92. The second kappa shape index (κ2) is 16.3. The Labute approximate surface area is 241 Å². The van der Waals surface area contributed by atoms with Crippen molar-refractivity contribution < 1.29 is 44.1 Å². The first kappa shape index (κ1) is 33.2. The number of phenolic OH excluding ortho intramolecular Hbond substituents is 1. The molecule has 0 heterocycles. The largest absolute Gasteiger partial charge is 0.508 e. The minimum absolute atomic E-state index is 0.0151. The lowest BCUT2D eigenvalue weighted by atomic mass is 10.0. The van der Waals surface area contributed by atoms with Crippen molar-refractivity contribution in [3.05, 3.63) is 65.7 Å². The molecule has 0 aliphatic carbocycles. The van der Waals surface area contributed by atoms with Crippen LogP contribution in [-0.2, 0) is 41.6 Å². The monoisotopic (exact) mass is 585 g/mol. The van der Waals surface area contributed by atoms with Gasteiger partial charge in [-0.1, -0.05) is 42.5 Å². The summed E-state index contributed by atoms with van der Waals surface area (Å²) < 4.78 is 0. The molecule has 0 aliphatic heterocycles. The molecule has 2 aromatic carbocycles. The molecule has 0 saturated carbocycles. The quantitative estimate of drug-likeness (QED) is 0.114. The Morgan fingerprint density at radius 2 is 1.19 bits per heavy atom. The summed E-state index contributed by atoms with van der Waals surface area (Å²) in [7, 11) is 0. The van der Waals surface area contributed by atoms with Crippen molar-refractivity contribution >= 4 is 35.6 Å². The number of nitrogens with one attached hydrogen (secondary N) is 3. The van der Waals surface area contributed by atoms with E-state index in [4.69, 9.17) is 16.6 Å². The van der Waals surface area contributed by atoms with Crippen molar-refractivity contribution in [3.8, 4) is 5.75 Å². The van der Waals surface area contributed by atoms with Crippen molar-refractivity contribution in [3.63, 3.8) is 0 Å². The van der Waals surface area contributed by atoms with E-state index in [1.54, 1.807) is 30.3 Å². The van der Waals surface area contributed by atoms with E-state index in [2.05, 4.69) is 16.0 Å². The number of rotatable bonds is 17. The Morgan fingerprint density at radius 3 is 1.76 bits per heavy atom. The lowest BCUT2D eigenvalue weighted by Crippen LogP contribution is -2.58. The SMILES string of the molecule is NC(=O)CCC(N)C(=O)NC(CCC(=O)O)C(=O)NC(Cc1ccccc1)C(=O)NC(Cc1ccc(O)cc1)C(=O)O. The molecule has 0 saturated heterocycles. The highest BCUT2D eigenvalue weighted by Crippen LogP contribution is 2.12. The van der Waals surface area contributed by atoms with E-state index in [1.807, 2.05) is 0 Å². The van der Waals surface area contributed by atoms with Gasteiger partial charge in [-0.25, -0.2) is 4.79 Å². The van der Waals surface area contributed by atoms with E-state index in [0.29, 0.717) is 11.1 Å². The smallest absolute Gasteiger partial charge is 0.326 e. The maximum Gasteiger partial charge on any atom is 0.326 e. The summed E-state index contributed by atoms with van der Waals surface area (Å²) in [6.07, 6.45) is -1.30. The van der Waals surface area contributed by atoms with E-state index >= 15 is 0 Å². The van der Waals surface area contributed by atoms with E-state index in [1.165, 1.54) is 24.3 Å². The number of hydrogen-bond acceptors (Lipinski definition) is 8. The molecule has 14 nitrogen and oxygen atoms in total. The molecular weight excluding hydrogens is 550 g/mol. The number of nitrogens with two attached hydrogens (primary N) is 2. The van der Waals surface area contributed by atoms with Crippen LogP contribution in [0, 0.1) is 0 Å². The zero-order chi connectivity index (χ0) is 31.2. The van der Waals surface area contributed by atoms with E-state index in [0.717, 1.165) is 0 Å². The summed E-state index contributed by atoms with van der Waals surface area (Å²) >= 11 is 0. The van der Waals surface area contributed by atoms with Gasteiger partial charge in [-0.05, 0) is 36.1 Å². The Kier molecular flexibility index (Phi) is 12.9. The lowest BCUT2D eigenvalue weighted by Gasteiger charge is -2.25. The van der Waals surface area contributed by atoms with Gasteiger partial charge in [0.2, 0.25) is 23.6 Å². The van der Waals surface area contributed by atoms with Crippen LogP contribution in [0.1, 0.15) is 36.8 Å². The fraction of sp³-hybridized carbons (Fsp3) is 0.357. The zero-order valence-corrected chi connectivity index (χ0v) is 22.7. The number of primary amides is 1. The van der Waals surface area contributed by atoms with Gasteiger partial charge in [0.25, 0.3) is 0 Å². The standard InChI is InChI=1S/C28H35N5O9/c29-19(10-12-23(30)35)25(38)31-20(11-13-24(36)37)26(39)32-21(14-16-4-2-1-3-5-16)27(40)33-22(28(41)42)15-17-6-8-18(34)9-7-17/h1-9,19-22,34H,10-15,29H2,(H2,30,35)(H,31,38)(H,32,39)(H,33,40)(H,36,37)(H,41,42). The number of aromatic hydroxyl groups is 1. The van der Waals surface area contributed by atoms with Gasteiger partial charge in [0.1, 0.15) is 23.9 Å². The minimum atomic E-state index is -1.41. The first-order valence-electron chi connectivity index (χ1n) is 13.1. The second-order valence-corrected chi connectivity index (χ2v) is 9.63. The van der Waals surface area contributed by atoms with E-state index < -0.39 is 66.2 Å². The average Bonchev–Trinajstić information content (AvgIpc) is 2.94. The number of carbonyl (C=O) groups is 6. The molecule has 2 aromatic rings. The first-order valence-corrected chi connectivity index (χ1v) is 13.1. The van der Waals surface area contributed by atoms with Crippen LogP contribution >= 0.6 is 0 Å². The van der Waals surface area contributed by atoms with Gasteiger partial charge < -0.3 is 42.7 Å². The lowest BCUT2D eigenvalue weighted by molar-refractivity contribution is -0.142. The Morgan fingerprint density at radius 1 is 0.667 bits per heavy atom. The second-order valence-electron chi connectivity index (χ2n) is 9.63. The highest BCUT2D eigenvalue weighted by molar-refractivity contribution is 5.94. The predicted molar refractivity (Wildman–Crippen MR) is 149 cm³/mol. The molecule has 0 aliphatic rings. The molecule has 4 unspecified atom stereocenters. The molecule has 0 spiro atoms. The highest BCUT2D eigenvalue weighted by atomic mass is 16.4. The molecular formula is C28H35N5O9. The zero-order valence-electron chi connectivity index (χ0n) is 22.7.